The first-order valence-electron chi connectivity index (χ1n) is 6.68. The number of carbonyl (C=O) groups is 2. The van der Waals surface area contributed by atoms with Crippen molar-refractivity contribution in [1.29, 1.82) is 0 Å². The van der Waals surface area contributed by atoms with Crippen LogP contribution in [0.2, 0.25) is 0 Å². The van der Waals surface area contributed by atoms with E-state index in [2.05, 4.69) is 21.2 Å². The van der Waals surface area contributed by atoms with Gasteiger partial charge in [-0.1, -0.05) is 0 Å². The molecule has 1 aromatic rings. The maximum atomic E-state index is 11.9. The number of amides is 3. The van der Waals surface area contributed by atoms with Crippen molar-refractivity contribution in [2.75, 3.05) is 14.2 Å². The summed E-state index contributed by atoms with van der Waals surface area (Å²) in [7, 11) is 2.97. The van der Waals surface area contributed by atoms with Gasteiger partial charge >= 0.3 is 6.03 Å². The number of hydrogen-bond donors (Lipinski definition) is 1. The van der Waals surface area contributed by atoms with Gasteiger partial charge in [-0.3, -0.25) is 9.69 Å². The molecule has 2 rings (SSSR count). The monoisotopic (exact) mass is 368 g/mol. The summed E-state index contributed by atoms with van der Waals surface area (Å²) in [5.41, 5.74) is 0.928. The van der Waals surface area contributed by atoms with Gasteiger partial charge in [0.05, 0.1) is 17.7 Å². The van der Waals surface area contributed by atoms with Gasteiger partial charge in [0, 0.05) is 7.05 Å². The molecule has 0 unspecified atom stereocenters. The zero-order chi connectivity index (χ0) is 16.4. The van der Waals surface area contributed by atoms with E-state index in [0.29, 0.717) is 21.5 Å². The molecule has 1 aromatic carbocycles. The Bertz CT molecular complexity index is 655. The van der Waals surface area contributed by atoms with Crippen molar-refractivity contribution in [3.63, 3.8) is 0 Å². The minimum Gasteiger partial charge on any atom is -0.493 e. The van der Waals surface area contributed by atoms with Gasteiger partial charge in [0.2, 0.25) is 0 Å². The van der Waals surface area contributed by atoms with E-state index >= 15 is 0 Å². The van der Waals surface area contributed by atoms with Gasteiger partial charge in [-0.25, -0.2) is 4.79 Å². The minimum atomic E-state index is -0.443. The number of carbonyl (C=O) groups excluding carboxylic acids is 2. The minimum absolute atomic E-state index is 0.00116. The fourth-order valence-corrected chi connectivity index (χ4v) is 2.52. The lowest BCUT2D eigenvalue weighted by molar-refractivity contribution is -0.121. The quantitative estimate of drug-likeness (QED) is 0.655. The lowest BCUT2D eigenvalue weighted by Gasteiger charge is -2.16. The van der Waals surface area contributed by atoms with Crippen LogP contribution in [0.25, 0.3) is 6.08 Å². The Morgan fingerprint density at radius 3 is 2.50 bits per heavy atom. The number of ether oxygens (including phenoxy) is 2. The number of nitrogens with one attached hydrogen (secondary N) is 1. The molecule has 0 aliphatic carbocycles. The molecule has 1 aliphatic rings. The number of methoxy groups -OCH3 is 1. The van der Waals surface area contributed by atoms with Crippen LogP contribution in [-0.4, -0.2) is 37.1 Å². The Kier molecular flexibility index (Phi) is 4.75. The average molecular weight is 369 g/mol. The first-order chi connectivity index (χ1) is 10.3. The molecule has 6 nitrogen and oxygen atoms in total. The molecule has 22 heavy (non-hydrogen) atoms. The van der Waals surface area contributed by atoms with Gasteiger partial charge < -0.3 is 14.8 Å². The second-order valence-corrected chi connectivity index (χ2v) is 5.91. The van der Waals surface area contributed by atoms with Crippen LogP contribution in [0.5, 0.6) is 11.5 Å². The normalized spacial score (nSPS) is 16.5. The Morgan fingerprint density at radius 1 is 1.32 bits per heavy atom. The highest BCUT2D eigenvalue weighted by atomic mass is 79.9. The third-order valence-corrected chi connectivity index (χ3v) is 3.59. The summed E-state index contributed by atoms with van der Waals surface area (Å²) >= 11 is 3.44. The molecule has 1 N–H and O–H groups in total. The number of likely N-dealkylation sites (N-methyl/N-ethyl adjacent to an activating group) is 1. The van der Waals surface area contributed by atoms with E-state index in [-0.39, 0.29) is 17.7 Å². The predicted octanol–water partition coefficient (Wildman–Crippen LogP) is 2.77. The summed E-state index contributed by atoms with van der Waals surface area (Å²) in [4.78, 5) is 24.4. The van der Waals surface area contributed by atoms with Crippen molar-refractivity contribution < 1.29 is 19.1 Å². The van der Waals surface area contributed by atoms with Gasteiger partial charge in [-0.05, 0) is 53.5 Å². The molecule has 0 spiro atoms. The zero-order valence-corrected chi connectivity index (χ0v) is 14.4. The molecule has 118 valence electrons. The van der Waals surface area contributed by atoms with E-state index < -0.39 is 6.03 Å². The summed E-state index contributed by atoms with van der Waals surface area (Å²) in [6.45, 7) is 3.84. The molecule has 0 aromatic heterocycles. The highest BCUT2D eigenvalue weighted by Gasteiger charge is 2.30. The number of urea groups is 1. The summed E-state index contributed by atoms with van der Waals surface area (Å²) < 4.78 is 11.8. The van der Waals surface area contributed by atoms with Crippen molar-refractivity contribution in [3.8, 4) is 11.5 Å². The Labute approximate surface area is 137 Å². The van der Waals surface area contributed by atoms with Crippen LogP contribution < -0.4 is 14.8 Å². The van der Waals surface area contributed by atoms with Gasteiger partial charge in [0.15, 0.2) is 11.5 Å². The number of rotatable bonds is 4. The molecule has 1 heterocycles. The Hall–Kier alpha value is -2.02. The molecular weight excluding hydrogens is 352 g/mol. The highest BCUT2D eigenvalue weighted by Crippen LogP contribution is 2.38. The number of imide groups is 1. The molecular formula is C15H17BrN2O4. The molecule has 1 saturated heterocycles. The van der Waals surface area contributed by atoms with E-state index in [0.717, 1.165) is 4.90 Å². The van der Waals surface area contributed by atoms with Gasteiger partial charge in [-0.15, -0.1) is 0 Å². The van der Waals surface area contributed by atoms with Gasteiger partial charge in [0.1, 0.15) is 5.70 Å². The maximum Gasteiger partial charge on any atom is 0.328 e. The molecule has 3 amide bonds. The van der Waals surface area contributed by atoms with Gasteiger partial charge in [-0.2, -0.15) is 0 Å². The summed E-state index contributed by atoms with van der Waals surface area (Å²) in [6, 6.07) is 3.10. The zero-order valence-electron chi connectivity index (χ0n) is 12.8. The van der Waals surface area contributed by atoms with Crippen molar-refractivity contribution >= 4 is 33.9 Å². The Balaban J connectivity index is 2.40. The lowest BCUT2D eigenvalue weighted by Crippen LogP contribution is -2.25. The van der Waals surface area contributed by atoms with Crippen molar-refractivity contribution in [2.45, 2.75) is 20.0 Å². The lowest BCUT2D eigenvalue weighted by atomic mass is 10.1. The molecule has 0 saturated carbocycles. The second kappa shape index (κ2) is 6.39. The largest absolute Gasteiger partial charge is 0.493 e. The van der Waals surface area contributed by atoms with E-state index in [1.165, 1.54) is 7.05 Å². The Morgan fingerprint density at radius 2 is 2.00 bits per heavy atom. The first-order valence-corrected chi connectivity index (χ1v) is 7.47. The van der Waals surface area contributed by atoms with Crippen LogP contribution in [0.4, 0.5) is 4.79 Å². The van der Waals surface area contributed by atoms with E-state index in [1.807, 2.05) is 13.8 Å². The van der Waals surface area contributed by atoms with Crippen LogP contribution in [0.3, 0.4) is 0 Å². The molecule has 7 heteroatoms. The van der Waals surface area contributed by atoms with Crippen LogP contribution in [0.15, 0.2) is 22.3 Å². The SMILES string of the molecule is COc1cc(/C=C2/NC(=O)N(C)C2=O)cc(Br)c1OC(C)C. The standard InChI is InChI=1S/C15H17BrN2O4/c1-8(2)22-13-10(16)5-9(7-12(13)21-4)6-11-14(19)18(3)15(20)17-11/h5-8H,1-4H3,(H,17,20)/b11-6+. The van der Waals surface area contributed by atoms with Crippen LogP contribution >= 0.6 is 15.9 Å². The fourth-order valence-electron chi connectivity index (χ4n) is 1.96. The van der Waals surface area contributed by atoms with Gasteiger partial charge in [0.25, 0.3) is 5.91 Å². The predicted molar refractivity (Wildman–Crippen MR) is 85.7 cm³/mol. The number of benzene rings is 1. The highest BCUT2D eigenvalue weighted by molar-refractivity contribution is 9.10. The smallest absolute Gasteiger partial charge is 0.328 e. The average Bonchev–Trinajstić information content (AvgIpc) is 2.68. The summed E-state index contributed by atoms with van der Waals surface area (Å²) in [5.74, 6) is 0.765. The summed E-state index contributed by atoms with van der Waals surface area (Å²) in [5, 5.41) is 2.52. The molecule has 1 aliphatic heterocycles. The first kappa shape index (κ1) is 16.4. The van der Waals surface area contributed by atoms with E-state index in [1.54, 1.807) is 25.3 Å². The number of nitrogens with zero attached hydrogens (tertiary/aromatic N) is 1. The van der Waals surface area contributed by atoms with Crippen molar-refractivity contribution in [3.05, 3.63) is 27.9 Å². The third kappa shape index (κ3) is 3.24. The van der Waals surface area contributed by atoms with E-state index in [4.69, 9.17) is 9.47 Å². The van der Waals surface area contributed by atoms with Crippen molar-refractivity contribution in [2.24, 2.45) is 0 Å². The third-order valence-electron chi connectivity index (χ3n) is 3.00. The number of hydrogen-bond acceptors (Lipinski definition) is 4. The number of halogens is 1. The second-order valence-electron chi connectivity index (χ2n) is 5.05. The van der Waals surface area contributed by atoms with Crippen molar-refractivity contribution in [1.82, 2.24) is 10.2 Å². The van der Waals surface area contributed by atoms with Crippen LogP contribution in [0.1, 0.15) is 19.4 Å². The van der Waals surface area contributed by atoms with Crippen LogP contribution in [-0.2, 0) is 4.79 Å². The maximum absolute atomic E-state index is 11.9. The fraction of sp³-hybridized carbons (Fsp3) is 0.333. The summed E-state index contributed by atoms with van der Waals surface area (Å²) in [6.07, 6.45) is 1.59. The van der Waals surface area contributed by atoms with Crippen LogP contribution in [0, 0.1) is 0 Å². The molecule has 1 fully saturated rings. The topological polar surface area (TPSA) is 67.9 Å². The molecule has 0 atom stereocenters. The molecule has 0 bridgehead atoms. The van der Waals surface area contributed by atoms with E-state index in [9.17, 15) is 9.59 Å². The molecule has 0 radical (unpaired) electrons.